The topological polar surface area (TPSA) is 134 Å². The Morgan fingerprint density at radius 2 is 1.71 bits per heavy atom. The van der Waals surface area contributed by atoms with Gasteiger partial charge in [-0.2, -0.15) is 10.4 Å². The van der Waals surface area contributed by atoms with E-state index in [1.54, 1.807) is 4.68 Å². The average molecular weight is 493 g/mol. The molecule has 0 spiro atoms. The maximum absolute atomic E-state index is 13.2. The number of para-hydroxylation sites is 1. The second-order valence-electron chi connectivity index (χ2n) is 8.46. The number of nitrogen functional groups attached to an aromatic ring is 1. The van der Waals surface area contributed by atoms with Crippen molar-refractivity contribution < 1.29 is 13.2 Å². The summed E-state index contributed by atoms with van der Waals surface area (Å²) in [6.07, 6.45) is 1.05. The lowest BCUT2D eigenvalue weighted by Crippen LogP contribution is -2.47. The van der Waals surface area contributed by atoms with Crippen molar-refractivity contribution in [2.24, 2.45) is 0 Å². The van der Waals surface area contributed by atoms with E-state index in [9.17, 15) is 18.5 Å². The number of hydrogen-bond acceptors (Lipinski definition) is 7. The zero-order valence-electron chi connectivity index (χ0n) is 19.3. The summed E-state index contributed by atoms with van der Waals surface area (Å²) in [5.74, 6) is 0.213. The van der Waals surface area contributed by atoms with Gasteiger partial charge in [-0.15, -0.1) is 0 Å². The molecule has 0 saturated carbocycles. The van der Waals surface area contributed by atoms with Crippen molar-refractivity contribution in [1.29, 1.82) is 5.26 Å². The van der Waals surface area contributed by atoms with Crippen molar-refractivity contribution in [3.63, 3.8) is 0 Å². The van der Waals surface area contributed by atoms with E-state index in [-0.39, 0.29) is 17.4 Å². The number of anilines is 1. The number of benzene rings is 2. The molecule has 3 N–H and O–H groups in total. The number of nitrogens with zero attached hydrogens (tertiary/aromatic N) is 4. The van der Waals surface area contributed by atoms with Crippen molar-refractivity contribution in [3.8, 4) is 11.8 Å². The van der Waals surface area contributed by atoms with E-state index in [0.29, 0.717) is 49.6 Å². The molecule has 2 aromatic carbocycles. The van der Waals surface area contributed by atoms with E-state index < -0.39 is 15.9 Å². The zero-order valence-corrected chi connectivity index (χ0v) is 20.1. The lowest BCUT2D eigenvalue weighted by molar-refractivity contribution is -0.126. The highest BCUT2D eigenvalue weighted by Crippen LogP contribution is 2.24. The maximum Gasteiger partial charge on any atom is 0.241 e. The summed E-state index contributed by atoms with van der Waals surface area (Å²) in [4.78, 5) is 15.1. The zero-order chi connectivity index (χ0) is 24.8. The molecule has 3 aromatic rings. The summed E-state index contributed by atoms with van der Waals surface area (Å²) < 4.78 is 25.3. The van der Waals surface area contributed by atoms with Gasteiger partial charge in [-0.25, -0.2) is 13.1 Å². The summed E-state index contributed by atoms with van der Waals surface area (Å²) in [5, 5.41) is 17.1. The van der Waals surface area contributed by atoms with E-state index in [0.717, 1.165) is 11.3 Å². The first-order valence-corrected chi connectivity index (χ1v) is 13.3. The van der Waals surface area contributed by atoms with E-state index in [1.165, 1.54) is 0 Å². The Labute approximate surface area is 205 Å². The van der Waals surface area contributed by atoms with Gasteiger partial charge in [0, 0.05) is 19.6 Å². The largest absolute Gasteiger partial charge is 0.382 e. The van der Waals surface area contributed by atoms with Crippen LogP contribution >= 0.6 is 0 Å². The average Bonchev–Trinajstić information content (AvgIpc) is 3.19. The first kappa shape index (κ1) is 24.4. The first-order valence-electron chi connectivity index (χ1n) is 11.5. The van der Waals surface area contributed by atoms with Crippen molar-refractivity contribution in [1.82, 2.24) is 20.0 Å². The van der Waals surface area contributed by atoms with Gasteiger partial charge in [0.1, 0.15) is 23.5 Å². The number of rotatable bonds is 8. The molecule has 35 heavy (non-hydrogen) atoms. The fourth-order valence-corrected chi connectivity index (χ4v) is 5.48. The fourth-order valence-electron chi connectivity index (χ4n) is 4.25. The van der Waals surface area contributed by atoms with Crippen LogP contribution in [0.15, 0.2) is 60.7 Å². The van der Waals surface area contributed by atoms with Gasteiger partial charge >= 0.3 is 0 Å². The second kappa shape index (κ2) is 10.7. The number of nitrogens with one attached hydrogen (secondary N) is 1. The van der Waals surface area contributed by atoms with Crippen molar-refractivity contribution in [3.05, 3.63) is 77.5 Å². The van der Waals surface area contributed by atoms with Gasteiger partial charge in [-0.1, -0.05) is 48.5 Å². The van der Waals surface area contributed by atoms with Gasteiger partial charge in [0.25, 0.3) is 0 Å². The molecule has 0 aliphatic carbocycles. The van der Waals surface area contributed by atoms with E-state index >= 15 is 0 Å². The standard InChI is InChI=1S/C25H28N6O3S/c26-18-21-22(29-31(24(21)27)20-10-5-2-6-11-20)12-7-13-28-25(32)23(19-8-3-1-4-9-19)30-14-16-35(33,34)17-15-30/h1-6,8-11,23H,7,12-17,27H2,(H,28,32). The van der Waals surface area contributed by atoms with E-state index in [4.69, 9.17) is 5.73 Å². The molecule has 0 radical (unpaired) electrons. The number of nitrogens with two attached hydrogens (primary N) is 1. The number of amides is 1. The fraction of sp³-hybridized carbons (Fsp3) is 0.320. The van der Waals surface area contributed by atoms with Crippen LogP contribution in [0.3, 0.4) is 0 Å². The van der Waals surface area contributed by atoms with E-state index in [1.807, 2.05) is 65.6 Å². The number of carbonyl (C=O) groups is 1. The van der Waals surface area contributed by atoms with Crippen LogP contribution in [-0.4, -0.2) is 60.1 Å². The third-order valence-corrected chi connectivity index (χ3v) is 7.71. The Kier molecular flexibility index (Phi) is 7.48. The van der Waals surface area contributed by atoms with Gasteiger partial charge in [-0.3, -0.25) is 9.69 Å². The molecule has 2 heterocycles. The van der Waals surface area contributed by atoms with Gasteiger partial charge in [0.15, 0.2) is 9.84 Å². The van der Waals surface area contributed by atoms with Crippen molar-refractivity contribution in [2.45, 2.75) is 18.9 Å². The summed E-state index contributed by atoms with van der Waals surface area (Å²) in [5.41, 5.74) is 8.69. The molecule has 182 valence electrons. The van der Waals surface area contributed by atoms with Gasteiger partial charge < -0.3 is 11.1 Å². The molecule has 10 heteroatoms. The van der Waals surface area contributed by atoms with Crippen LogP contribution in [0.5, 0.6) is 0 Å². The number of aromatic nitrogens is 2. The van der Waals surface area contributed by atoms with Crippen LogP contribution in [0, 0.1) is 11.3 Å². The molecule has 1 saturated heterocycles. The minimum Gasteiger partial charge on any atom is -0.382 e. The van der Waals surface area contributed by atoms with Crippen molar-refractivity contribution in [2.75, 3.05) is 36.9 Å². The quantitative estimate of drug-likeness (QED) is 0.458. The maximum atomic E-state index is 13.2. The lowest BCUT2D eigenvalue weighted by atomic mass is 10.0. The molecular formula is C25H28N6O3S. The Morgan fingerprint density at radius 3 is 2.34 bits per heavy atom. The highest BCUT2D eigenvalue weighted by Gasteiger charge is 2.32. The Hall–Kier alpha value is -3.68. The van der Waals surface area contributed by atoms with Crippen LogP contribution in [0.25, 0.3) is 5.69 Å². The molecule has 4 rings (SSSR count). The Morgan fingerprint density at radius 1 is 1.09 bits per heavy atom. The lowest BCUT2D eigenvalue weighted by Gasteiger charge is -2.33. The van der Waals surface area contributed by atoms with Gasteiger partial charge in [0.2, 0.25) is 5.91 Å². The van der Waals surface area contributed by atoms with Crippen LogP contribution in [0.1, 0.15) is 29.3 Å². The number of carbonyl (C=O) groups excluding carboxylic acids is 1. The van der Waals surface area contributed by atoms with Gasteiger partial charge in [-0.05, 0) is 30.5 Å². The Bertz CT molecular complexity index is 1300. The van der Waals surface area contributed by atoms with Crippen LogP contribution in [0.4, 0.5) is 5.82 Å². The molecule has 1 aromatic heterocycles. The smallest absolute Gasteiger partial charge is 0.241 e. The molecule has 1 aliphatic rings. The van der Waals surface area contributed by atoms with Crippen LogP contribution < -0.4 is 11.1 Å². The summed E-state index contributed by atoms with van der Waals surface area (Å²) in [7, 11) is -3.06. The molecule has 9 nitrogen and oxygen atoms in total. The van der Waals surface area contributed by atoms with Crippen LogP contribution in [0.2, 0.25) is 0 Å². The second-order valence-corrected chi connectivity index (χ2v) is 10.8. The predicted octanol–water partition coefficient (Wildman–Crippen LogP) is 1.85. The number of hydrogen-bond donors (Lipinski definition) is 2. The van der Waals surface area contributed by atoms with Gasteiger partial charge in [0.05, 0.1) is 22.9 Å². The third kappa shape index (κ3) is 5.70. The molecule has 0 bridgehead atoms. The summed E-state index contributed by atoms with van der Waals surface area (Å²) in [6, 6.07) is 20.3. The monoisotopic (exact) mass is 492 g/mol. The Balaban J connectivity index is 1.41. The minimum absolute atomic E-state index is 0.0477. The first-order chi connectivity index (χ1) is 16.9. The molecule has 1 fully saturated rings. The molecular weight excluding hydrogens is 464 g/mol. The third-order valence-electron chi connectivity index (χ3n) is 6.10. The number of nitriles is 1. The van der Waals surface area contributed by atoms with Crippen molar-refractivity contribution >= 4 is 21.6 Å². The molecule has 1 amide bonds. The van der Waals surface area contributed by atoms with Crippen LogP contribution in [-0.2, 0) is 21.1 Å². The summed E-state index contributed by atoms with van der Waals surface area (Å²) in [6.45, 7) is 1.02. The van der Waals surface area contributed by atoms with E-state index in [2.05, 4.69) is 16.5 Å². The SMILES string of the molecule is N#Cc1c(CCCNC(=O)C(c2ccccc2)N2CCS(=O)(=O)CC2)nn(-c2ccccc2)c1N. The normalized spacial score (nSPS) is 16.3. The molecule has 1 unspecified atom stereocenters. The molecule has 1 atom stereocenters. The molecule has 1 aliphatic heterocycles. The minimum atomic E-state index is -3.06. The highest BCUT2D eigenvalue weighted by atomic mass is 32.2. The highest BCUT2D eigenvalue weighted by molar-refractivity contribution is 7.91. The number of sulfone groups is 1. The number of aryl methyl sites for hydroxylation is 1. The predicted molar refractivity (Wildman–Crippen MR) is 133 cm³/mol. The summed E-state index contributed by atoms with van der Waals surface area (Å²) >= 11 is 0.